The maximum absolute atomic E-state index is 12.5. The summed E-state index contributed by atoms with van der Waals surface area (Å²) in [6.07, 6.45) is -3.41. The fourth-order valence-corrected chi connectivity index (χ4v) is 2.89. The highest BCUT2D eigenvalue weighted by molar-refractivity contribution is 6.08. The third kappa shape index (κ3) is 6.07. The Labute approximate surface area is 175 Å². The van der Waals surface area contributed by atoms with Gasteiger partial charge in [-0.2, -0.15) is 13.2 Å². The Morgan fingerprint density at radius 1 is 1.19 bits per heavy atom. The molecule has 1 aliphatic rings. The van der Waals surface area contributed by atoms with Gasteiger partial charge < -0.3 is 24.4 Å². The number of anilines is 2. The number of morpholine rings is 1. The number of amides is 1. The number of nitrogens with zero attached hydrogens (tertiary/aromatic N) is 2. The zero-order chi connectivity index (χ0) is 22.4. The molecular formula is C20H20F3N3O5. The minimum atomic E-state index is -4.49. The van der Waals surface area contributed by atoms with Gasteiger partial charge in [-0.15, -0.1) is 0 Å². The summed E-state index contributed by atoms with van der Waals surface area (Å²) in [5.41, 5.74) is 1.26. The van der Waals surface area contributed by atoms with Gasteiger partial charge in [0.05, 0.1) is 37.1 Å². The van der Waals surface area contributed by atoms with Crippen LogP contribution in [-0.2, 0) is 9.47 Å². The van der Waals surface area contributed by atoms with Gasteiger partial charge in [0.1, 0.15) is 0 Å². The summed E-state index contributed by atoms with van der Waals surface area (Å²) in [5, 5.41) is 2.60. The summed E-state index contributed by atoms with van der Waals surface area (Å²) in [4.78, 5) is 30.5. The molecular weight excluding hydrogens is 419 g/mol. The molecule has 11 heteroatoms. The molecule has 0 unspecified atom stereocenters. The molecule has 2 aromatic rings. The van der Waals surface area contributed by atoms with Crippen molar-refractivity contribution in [3.63, 3.8) is 0 Å². The van der Waals surface area contributed by atoms with Crippen molar-refractivity contribution >= 4 is 23.3 Å². The lowest BCUT2D eigenvalue weighted by molar-refractivity contribution is -0.154. The highest BCUT2D eigenvalue weighted by atomic mass is 19.4. The zero-order valence-electron chi connectivity index (χ0n) is 16.6. The number of halogens is 3. The van der Waals surface area contributed by atoms with Gasteiger partial charge in [0.25, 0.3) is 5.91 Å². The van der Waals surface area contributed by atoms with Crippen LogP contribution in [-0.4, -0.2) is 63.1 Å². The van der Waals surface area contributed by atoms with Crippen LogP contribution in [0.25, 0.3) is 0 Å². The molecule has 1 amide bonds. The molecule has 166 valence electrons. The number of carbonyl (C=O) groups excluding carboxylic acids is 2. The summed E-state index contributed by atoms with van der Waals surface area (Å²) in [5.74, 6) is -1.49. The molecule has 8 nitrogen and oxygen atoms in total. The van der Waals surface area contributed by atoms with E-state index in [-0.39, 0.29) is 22.7 Å². The van der Waals surface area contributed by atoms with Crippen molar-refractivity contribution in [2.45, 2.75) is 6.18 Å². The van der Waals surface area contributed by atoms with E-state index >= 15 is 0 Å². The summed E-state index contributed by atoms with van der Waals surface area (Å²) in [7, 11) is 1.24. The number of nitrogens with one attached hydrogen (secondary N) is 1. The number of rotatable bonds is 6. The maximum Gasteiger partial charge on any atom is 0.422 e. The van der Waals surface area contributed by atoms with Gasteiger partial charge in [0, 0.05) is 31.0 Å². The van der Waals surface area contributed by atoms with Crippen molar-refractivity contribution in [2.24, 2.45) is 0 Å². The Morgan fingerprint density at radius 2 is 1.94 bits per heavy atom. The average Bonchev–Trinajstić information content (AvgIpc) is 2.78. The van der Waals surface area contributed by atoms with E-state index in [0.29, 0.717) is 26.3 Å². The van der Waals surface area contributed by atoms with Gasteiger partial charge in [-0.05, 0) is 24.3 Å². The van der Waals surface area contributed by atoms with Crippen LogP contribution in [0.1, 0.15) is 20.7 Å². The van der Waals surface area contributed by atoms with Crippen LogP contribution in [0.15, 0.2) is 36.5 Å². The lowest BCUT2D eigenvalue weighted by atomic mass is 10.1. The van der Waals surface area contributed by atoms with Crippen molar-refractivity contribution in [2.75, 3.05) is 50.2 Å². The summed E-state index contributed by atoms with van der Waals surface area (Å²) < 4.78 is 51.3. The van der Waals surface area contributed by atoms with E-state index in [2.05, 4.69) is 15.0 Å². The first-order valence-electron chi connectivity index (χ1n) is 9.29. The van der Waals surface area contributed by atoms with E-state index in [1.807, 2.05) is 4.90 Å². The van der Waals surface area contributed by atoms with Crippen LogP contribution >= 0.6 is 0 Å². The van der Waals surface area contributed by atoms with Crippen molar-refractivity contribution in [1.29, 1.82) is 0 Å². The molecule has 0 bridgehead atoms. The Balaban J connectivity index is 1.74. The lowest BCUT2D eigenvalue weighted by Gasteiger charge is -2.29. The van der Waals surface area contributed by atoms with Gasteiger partial charge in [0.15, 0.2) is 6.61 Å². The summed E-state index contributed by atoms with van der Waals surface area (Å²) >= 11 is 0. The van der Waals surface area contributed by atoms with Gasteiger partial charge >= 0.3 is 12.1 Å². The maximum atomic E-state index is 12.5. The van der Waals surface area contributed by atoms with Crippen molar-refractivity contribution in [1.82, 2.24) is 4.98 Å². The Kier molecular flexibility index (Phi) is 6.95. The molecule has 0 radical (unpaired) electrons. The van der Waals surface area contributed by atoms with Crippen LogP contribution in [0.2, 0.25) is 0 Å². The molecule has 3 rings (SSSR count). The number of benzene rings is 1. The number of esters is 1. The number of pyridine rings is 1. The molecule has 1 aliphatic heterocycles. The van der Waals surface area contributed by atoms with Crippen molar-refractivity contribution in [3.05, 3.63) is 47.7 Å². The van der Waals surface area contributed by atoms with Gasteiger partial charge in [-0.1, -0.05) is 0 Å². The Hall–Kier alpha value is -3.34. The highest BCUT2D eigenvalue weighted by Gasteiger charge is 2.28. The van der Waals surface area contributed by atoms with E-state index < -0.39 is 24.7 Å². The smallest absolute Gasteiger partial charge is 0.422 e. The van der Waals surface area contributed by atoms with Gasteiger partial charge in [-0.3, -0.25) is 4.79 Å². The SMILES string of the molecule is COC(=O)c1cc(N2CCOCC2)ccc1NC(=O)c1ccc(OCC(F)(F)F)nc1. The fourth-order valence-electron chi connectivity index (χ4n) is 2.89. The number of methoxy groups -OCH3 is 1. The van der Waals surface area contributed by atoms with Crippen molar-refractivity contribution in [3.8, 4) is 5.88 Å². The first-order valence-corrected chi connectivity index (χ1v) is 9.29. The van der Waals surface area contributed by atoms with E-state index in [4.69, 9.17) is 9.47 Å². The Bertz CT molecular complexity index is 929. The molecule has 0 spiro atoms. The minimum absolute atomic E-state index is 0.0763. The molecule has 0 atom stereocenters. The number of aromatic nitrogens is 1. The third-order valence-electron chi connectivity index (χ3n) is 4.42. The molecule has 2 heterocycles. The van der Waals surface area contributed by atoms with Crippen LogP contribution in [0.3, 0.4) is 0 Å². The minimum Gasteiger partial charge on any atom is -0.468 e. The molecule has 1 aromatic carbocycles. The zero-order valence-corrected chi connectivity index (χ0v) is 16.6. The van der Waals surface area contributed by atoms with Gasteiger partial charge in [0.2, 0.25) is 5.88 Å². The molecule has 1 saturated heterocycles. The number of hydrogen-bond acceptors (Lipinski definition) is 7. The predicted molar refractivity (Wildman–Crippen MR) is 105 cm³/mol. The average molecular weight is 439 g/mol. The van der Waals surface area contributed by atoms with Crippen LogP contribution in [0, 0.1) is 0 Å². The predicted octanol–water partition coefficient (Wildman–Crippen LogP) is 2.90. The molecule has 0 aliphatic carbocycles. The van der Waals surface area contributed by atoms with Crippen LogP contribution < -0.4 is 15.0 Å². The third-order valence-corrected chi connectivity index (χ3v) is 4.42. The molecule has 1 N–H and O–H groups in total. The summed E-state index contributed by atoms with van der Waals surface area (Å²) in [6.45, 7) is 0.995. The van der Waals surface area contributed by atoms with E-state index in [1.54, 1.807) is 18.2 Å². The quantitative estimate of drug-likeness (QED) is 0.693. The summed E-state index contributed by atoms with van der Waals surface area (Å²) in [6, 6.07) is 7.40. The highest BCUT2D eigenvalue weighted by Crippen LogP contribution is 2.26. The number of ether oxygens (including phenoxy) is 3. The second-order valence-corrected chi connectivity index (χ2v) is 6.56. The monoisotopic (exact) mass is 439 g/mol. The Morgan fingerprint density at radius 3 is 2.55 bits per heavy atom. The number of hydrogen-bond donors (Lipinski definition) is 1. The molecule has 31 heavy (non-hydrogen) atoms. The lowest BCUT2D eigenvalue weighted by Crippen LogP contribution is -2.36. The first kappa shape index (κ1) is 22.3. The number of carbonyl (C=O) groups is 2. The first-order chi connectivity index (χ1) is 14.8. The normalized spacial score (nSPS) is 14.1. The molecule has 1 fully saturated rings. The standard InChI is InChI=1S/C20H20F3N3O5/c1-29-19(28)15-10-14(26-6-8-30-9-7-26)3-4-16(15)25-18(27)13-2-5-17(24-11-13)31-12-20(21,22)23/h2-5,10-11H,6-9,12H2,1H3,(H,25,27). The topological polar surface area (TPSA) is 90.0 Å². The fraction of sp³-hybridized carbons (Fsp3) is 0.350. The number of alkyl halides is 3. The largest absolute Gasteiger partial charge is 0.468 e. The van der Waals surface area contributed by atoms with Crippen molar-refractivity contribution < 1.29 is 37.0 Å². The van der Waals surface area contributed by atoms with Crippen LogP contribution in [0.5, 0.6) is 5.88 Å². The van der Waals surface area contributed by atoms with E-state index in [9.17, 15) is 22.8 Å². The second kappa shape index (κ2) is 9.65. The second-order valence-electron chi connectivity index (χ2n) is 6.56. The van der Waals surface area contributed by atoms with E-state index in [1.165, 1.54) is 13.2 Å². The van der Waals surface area contributed by atoms with E-state index in [0.717, 1.165) is 18.0 Å². The van der Waals surface area contributed by atoms with Crippen LogP contribution in [0.4, 0.5) is 24.5 Å². The molecule has 0 saturated carbocycles. The molecule has 1 aromatic heterocycles. The van der Waals surface area contributed by atoms with Gasteiger partial charge in [-0.25, -0.2) is 9.78 Å².